The number of rotatable bonds is 2. The zero-order valence-corrected chi connectivity index (χ0v) is 11.2. The third-order valence-corrected chi connectivity index (χ3v) is 3.73. The Morgan fingerprint density at radius 1 is 1.33 bits per heavy atom. The van der Waals surface area contributed by atoms with E-state index >= 15 is 0 Å². The summed E-state index contributed by atoms with van der Waals surface area (Å²) in [4.78, 5) is 0. The molecule has 3 nitrogen and oxygen atoms in total. The van der Waals surface area contributed by atoms with Gasteiger partial charge >= 0.3 is 7.12 Å². The molecule has 0 N–H and O–H groups in total. The van der Waals surface area contributed by atoms with Crippen LogP contribution in [0.25, 0.3) is 0 Å². The third-order valence-electron chi connectivity index (χ3n) is 3.73. The minimum atomic E-state index is -0.235. The van der Waals surface area contributed by atoms with Crippen LogP contribution in [0, 0.1) is 0 Å². The van der Waals surface area contributed by atoms with Crippen molar-refractivity contribution >= 4 is 12.6 Å². The fourth-order valence-electron chi connectivity index (χ4n) is 2.88. The third kappa shape index (κ3) is 1.75. The van der Waals surface area contributed by atoms with Gasteiger partial charge in [0.2, 0.25) is 0 Å². The normalized spacial score (nSPS) is 21.8. The van der Waals surface area contributed by atoms with Gasteiger partial charge in [-0.3, -0.25) is 0 Å². The predicted octanol–water partition coefficient (Wildman–Crippen LogP) is 2.40. The van der Waals surface area contributed by atoms with Crippen LogP contribution in [-0.2, 0) is 9.31 Å². The molecule has 0 amide bonds. The van der Waals surface area contributed by atoms with Gasteiger partial charge in [0.15, 0.2) is 0 Å². The van der Waals surface area contributed by atoms with E-state index in [9.17, 15) is 0 Å². The number of benzene rings is 1. The SMILES string of the molecule is CC[C@H]1OB2OCCOc3ccc(C(C)C)c1c32. The van der Waals surface area contributed by atoms with Crippen molar-refractivity contribution in [2.24, 2.45) is 0 Å². The summed E-state index contributed by atoms with van der Waals surface area (Å²) in [6.45, 7) is 7.78. The first kappa shape index (κ1) is 12.1. The van der Waals surface area contributed by atoms with Crippen molar-refractivity contribution in [2.45, 2.75) is 39.2 Å². The molecular weight excluding hydrogens is 227 g/mol. The molecule has 0 fully saturated rings. The Bertz CT molecular complexity index is 459. The highest BCUT2D eigenvalue weighted by Crippen LogP contribution is 2.37. The molecule has 0 aliphatic carbocycles. The standard InChI is InChI=1S/C14H19BO3/c1-4-11-13-10(9(2)3)5-6-12-14(13)15(18-11)17-8-7-16-12/h5-6,9,11H,4,7-8H2,1-3H3/t11-/m1/s1. The van der Waals surface area contributed by atoms with E-state index < -0.39 is 0 Å². The maximum absolute atomic E-state index is 6.03. The second kappa shape index (κ2) is 4.59. The fraction of sp³-hybridized carbons (Fsp3) is 0.571. The zero-order chi connectivity index (χ0) is 12.7. The van der Waals surface area contributed by atoms with Crippen LogP contribution in [0.4, 0.5) is 0 Å². The van der Waals surface area contributed by atoms with Crippen LogP contribution in [0.1, 0.15) is 50.3 Å². The van der Waals surface area contributed by atoms with Crippen molar-refractivity contribution in [3.05, 3.63) is 23.3 Å². The average molecular weight is 246 g/mol. The molecule has 1 atom stereocenters. The van der Waals surface area contributed by atoms with Gasteiger partial charge in [-0.2, -0.15) is 0 Å². The minimum absolute atomic E-state index is 0.143. The molecule has 0 bridgehead atoms. The van der Waals surface area contributed by atoms with Gasteiger partial charge in [0.05, 0.1) is 12.7 Å². The molecular formula is C14H19BO3. The first-order valence-electron chi connectivity index (χ1n) is 6.79. The van der Waals surface area contributed by atoms with Crippen molar-refractivity contribution in [3.8, 4) is 5.75 Å². The van der Waals surface area contributed by atoms with Gasteiger partial charge in [-0.15, -0.1) is 0 Å². The van der Waals surface area contributed by atoms with Crippen molar-refractivity contribution < 1.29 is 14.0 Å². The van der Waals surface area contributed by atoms with Crippen LogP contribution in [0.5, 0.6) is 5.75 Å². The van der Waals surface area contributed by atoms with E-state index in [1.165, 1.54) is 11.1 Å². The lowest BCUT2D eigenvalue weighted by atomic mass is 9.75. The highest BCUT2D eigenvalue weighted by atomic mass is 16.6. The van der Waals surface area contributed by atoms with Gasteiger partial charge in [0, 0.05) is 5.46 Å². The van der Waals surface area contributed by atoms with E-state index in [1.807, 2.05) is 0 Å². The Labute approximate surface area is 109 Å². The van der Waals surface area contributed by atoms with Gasteiger partial charge in [-0.05, 0) is 29.5 Å². The Balaban J connectivity index is 2.18. The number of hydrogen-bond donors (Lipinski definition) is 0. The van der Waals surface area contributed by atoms with E-state index in [2.05, 4.69) is 32.9 Å². The van der Waals surface area contributed by atoms with Crippen molar-refractivity contribution in [1.82, 2.24) is 0 Å². The molecule has 0 aromatic heterocycles. The van der Waals surface area contributed by atoms with Crippen molar-refractivity contribution in [2.75, 3.05) is 13.2 Å². The van der Waals surface area contributed by atoms with Crippen LogP contribution >= 0.6 is 0 Å². The van der Waals surface area contributed by atoms with E-state index in [4.69, 9.17) is 14.0 Å². The molecule has 96 valence electrons. The molecule has 2 aliphatic heterocycles. The monoisotopic (exact) mass is 246 g/mol. The molecule has 0 spiro atoms. The maximum Gasteiger partial charge on any atom is 0.498 e. The Hall–Kier alpha value is -0.995. The highest BCUT2D eigenvalue weighted by Gasteiger charge is 2.42. The molecule has 1 aromatic carbocycles. The average Bonchev–Trinajstić information content (AvgIpc) is 2.60. The van der Waals surface area contributed by atoms with Gasteiger partial charge < -0.3 is 14.0 Å². The quantitative estimate of drug-likeness (QED) is 0.750. The van der Waals surface area contributed by atoms with E-state index in [0.29, 0.717) is 19.1 Å². The van der Waals surface area contributed by atoms with Crippen LogP contribution in [0.15, 0.2) is 12.1 Å². The summed E-state index contributed by atoms with van der Waals surface area (Å²) in [6.07, 6.45) is 1.11. The van der Waals surface area contributed by atoms with E-state index in [1.54, 1.807) is 0 Å². The Kier molecular flexibility index (Phi) is 3.08. The fourth-order valence-corrected chi connectivity index (χ4v) is 2.88. The largest absolute Gasteiger partial charge is 0.498 e. The molecule has 0 radical (unpaired) electrons. The first-order valence-corrected chi connectivity index (χ1v) is 6.79. The second-order valence-corrected chi connectivity index (χ2v) is 5.22. The van der Waals surface area contributed by atoms with Gasteiger partial charge in [0.1, 0.15) is 12.4 Å². The number of hydrogen-bond acceptors (Lipinski definition) is 3. The van der Waals surface area contributed by atoms with Crippen LogP contribution in [0.2, 0.25) is 0 Å². The highest BCUT2D eigenvalue weighted by molar-refractivity contribution is 6.64. The smallest absolute Gasteiger partial charge is 0.492 e. The molecule has 2 heterocycles. The molecule has 3 rings (SSSR count). The summed E-state index contributed by atoms with van der Waals surface area (Å²) in [7, 11) is -0.235. The van der Waals surface area contributed by atoms with E-state index in [0.717, 1.165) is 17.6 Å². The molecule has 18 heavy (non-hydrogen) atoms. The molecule has 2 aliphatic rings. The summed E-state index contributed by atoms with van der Waals surface area (Å²) in [5, 5.41) is 0. The lowest BCUT2D eigenvalue weighted by Crippen LogP contribution is -2.31. The first-order chi connectivity index (χ1) is 8.72. The summed E-state index contributed by atoms with van der Waals surface area (Å²) < 4.78 is 17.5. The summed E-state index contributed by atoms with van der Waals surface area (Å²) in [5.74, 6) is 1.43. The molecule has 0 saturated heterocycles. The summed E-state index contributed by atoms with van der Waals surface area (Å²) in [6, 6.07) is 4.25. The van der Waals surface area contributed by atoms with E-state index in [-0.39, 0.29) is 13.2 Å². The maximum atomic E-state index is 6.03. The van der Waals surface area contributed by atoms with Crippen molar-refractivity contribution in [3.63, 3.8) is 0 Å². The Morgan fingerprint density at radius 2 is 2.17 bits per heavy atom. The van der Waals surface area contributed by atoms with Gasteiger partial charge in [-0.25, -0.2) is 0 Å². The Morgan fingerprint density at radius 3 is 2.89 bits per heavy atom. The molecule has 4 heteroatoms. The van der Waals surface area contributed by atoms with Crippen LogP contribution < -0.4 is 10.2 Å². The zero-order valence-electron chi connectivity index (χ0n) is 11.2. The summed E-state index contributed by atoms with van der Waals surface area (Å²) in [5.41, 5.74) is 3.79. The van der Waals surface area contributed by atoms with Crippen molar-refractivity contribution in [1.29, 1.82) is 0 Å². The molecule has 1 aromatic rings. The lowest BCUT2D eigenvalue weighted by Gasteiger charge is -2.18. The van der Waals surface area contributed by atoms with Crippen LogP contribution in [-0.4, -0.2) is 20.3 Å². The van der Waals surface area contributed by atoms with Gasteiger partial charge in [-0.1, -0.05) is 26.8 Å². The lowest BCUT2D eigenvalue weighted by molar-refractivity contribution is 0.141. The van der Waals surface area contributed by atoms with Gasteiger partial charge in [0.25, 0.3) is 0 Å². The minimum Gasteiger partial charge on any atom is -0.492 e. The summed E-state index contributed by atoms with van der Waals surface area (Å²) >= 11 is 0. The molecule has 0 saturated carbocycles. The molecule has 0 unspecified atom stereocenters. The topological polar surface area (TPSA) is 27.7 Å². The predicted molar refractivity (Wildman–Crippen MR) is 71.5 cm³/mol. The van der Waals surface area contributed by atoms with Crippen LogP contribution in [0.3, 0.4) is 0 Å². The number of ether oxygens (including phenoxy) is 1. The second-order valence-electron chi connectivity index (χ2n) is 5.22.